The Labute approximate surface area is 84.6 Å². The summed E-state index contributed by atoms with van der Waals surface area (Å²) >= 11 is 0. The number of carboxylic acids is 1. The van der Waals surface area contributed by atoms with Gasteiger partial charge in [0.15, 0.2) is 0 Å². The minimum atomic E-state index is -0.697. The molecule has 0 bridgehead atoms. The van der Waals surface area contributed by atoms with E-state index < -0.39 is 5.97 Å². The van der Waals surface area contributed by atoms with E-state index in [4.69, 9.17) is 5.11 Å². The first-order chi connectivity index (χ1) is 6.51. The van der Waals surface area contributed by atoms with Crippen molar-refractivity contribution in [2.75, 3.05) is 0 Å². The quantitative estimate of drug-likeness (QED) is 0.695. The normalized spacial score (nSPS) is 29.6. The molecule has 1 saturated carbocycles. The SMILES string of the molecule is C=C/C=C/C=C/C1C(C(=O)O)C1(C)C. The maximum Gasteiger partial charge on any atom is 0.307 e. The second kappa shape index (κ2) is 3.82. The smallest absolute Gasteiger partial charge is 0.307 e. The molecule has 0 spiro atoms. The molecule has 14 heavy (non-hydrogen) atoms. The molecule has 2 nitrogen and oxygen atoms in total. The fourth-order valence-corrected chi connectivity index (χ4v) is 1.84. The molecule has 0 aromatic heterocycles. The van der Waals surface area contributed by atoms with Crippen LogP contribution in [0.15, 0.2) is 37.0 Å². The summed E-state index contributed by atoms with van der Waals surface area (Å²) in [6, 6.07) is 0. The zero-order valence-electron chi connectivity index (χ0n) is 8.60. The fraction of sp³-hybridized carbons (Fsp3) is 0.417. The lowest BCUT2D eigenvalue weighted by Crippen LogP contribution is -2.02. The Bertz CT molecular complexity index is 297. The maximum absolute atomic E-state index is 10.8. The Morgan fingerprint density at radius 3 is 2.43 bits per heavy atom. The first-order valence-electron chi connectivity index (χ1n) is 4.70. The molecule has 1 fully saturated rings. The second-order valence-electron chi connectivity index (χ2n) is 4.17. The van der Waals surface area contributed by atoms with Crippen molar-refractivity contribution in [3.05, 3.63) is 37.0 Å². The second-order valence-corrected chi connectivity index (χ2v) is 4.17. The van der Waals surface area contributed by atoms with Gasteiger partial charge in [0.25, 0.3) is 0 Å². The van der Waals surface area contributed by atoms with Gasteiger partial charge in [-0.1, -0.05) is 50.8 Å². The first-order valence-corrected chi connectivity index (χ1v) is 4.70. The molecule has 0 aromatic rings. The highest BCUT2D eigenvalue weighted by atomic mass is 16.4. The Morgan fingerprint density at radius 2 is 2.00 bits per heavy atom. The van der Waals surface area contributed by atoms with E-state index in [-0.39, 0.29) is 17.3 Å². The summed E-state index contributed by atoms with van der Waals surface area (Å²) in [6.07, 6.45) is 9.22. The molecule has 0 aliphatic heterocycles. The van der Waals surface area contributed by atoms with Gasteiger partial charge in [-0.2, -0.15) is 0 Å². The van der Waals surface area contributed by atoms with E-state index >= 15 is 0 Å². The third-order valence-corrected chi connectivity index (χ3v) is 2.85. The van der Waals surface area contributed by atoms with Crippen LogP contribution in [0.25, 0.3) is 0 Å². The molecule has 0 amide bonds. The van der Waals surface area contributed by atoms with Crippen molar-refractivity contribution in [3.63, 3.8) is 0 Å². The number of rotatable bonds is 4. The summed E-state index contributed by atoms with van der Waals surface area (Å²) in [5, 5.41) is 8.89. The zero-order chi connectivity index (χ0) is 10.8. The Kier molecular flexibility index (Phi) is 2.94. The Balaban J connectivity index is 2.57. The van der Waals surface area contributed by atoms with Gasteiger partial charge in [0.05, 0.1) is 5.92 Å². The van der Waals surface area contributed by atoms with Gasteiger partial charge in [0.2, 0.25) is 0 Å². The number of allylic oxidation sites excluding steroid dienone is 5. The van der Waals surface area contributed by atoms with Gasteiger partial charge in [-0.15, -0.1) is 0 Å². The van der Waals surface area contributed by atoms with Crippen LogP contribution < -0.4 is 0 Å². The van der Waals surface area contributed by atoms with Gasteiger partial charge in [-0.3, -0.25) is 4.79 Å². The van der Waals surface area contributed by atoms with Crippen LogP contribution in [0.1, 0.15) is 13.8 Å². The highest BCUT2D eigenvalue weighted by molar-refractivity contribution is 5.76. The fourth-order valence-electron chi connectivity index (χ4n) is 1.84. The molecule has 0 heterocycles. The summed E-state index contributed by atoms with van der Waals surface area (Å²) < 4.78 is 0. The number of aliphatic carboxylic acids is 1. The van der Waals surface area contributed by atoms with Crippen molar-refractivity contribution in [3.8, 4) is 0 Å². The van der Waals surface area contributed by atoms with Crippen LogP contribution in [0.5, 0.6) is 0 Å². The number of hydrogen-bond acceptors (Lipinski definition) is 1. The molecular weight excluding hydrogens is 176 g/mol. The molecule has 2 atom stereocenters. The van der Waals surface area contributed by atoms with Gasteiger partial charge in [-0.05, 0) is 11.3 Å². The topological polar surface area (TPSA) is 37.3 Å². The molecular formula is C12H16O2. The van der Waals surface area contributed by atoms with Crippen LogP contribution >= 0.6 is 0 Å². The van der Waals surface area contributed by atoms with Crippen LogP contribution in [0.4, 0.5) is 0 Å². The zero-order valence-corrected chi connectivity index (χ0v) is 8.60. The Morgan fingerprint density at radius 1 is 1.36 bits per heavy atom. The third kappa shape index (κ3) is 1.95. The molecule has 76 valence electrons. The summed E-state index contributed by atoms with van der Waals surface area (Å²) in [6.45, 7) is 7.52. The molecule has 1 rings (SSSR count). The average Bonchev–Trinajstić information content (AvgIpc) is 2.62. The standard InChI is InChI=1S/C12H16O2/c1-4-5-6-7-8-9-10(11(13)14)12(9,2)3/h4-10H,1H2,2-3H3,(H,13,14)/b6-5+,8-7+. The van der Waals surface area contributed by atoms with E-state index in [0.717, 1.165) is 0 Å². The van der Waals surface area contributed by atoms with Crippen molar-refractivity contribution in [2.45, 2.75) is 13.8 Å². The van der Waals surface area contributed by atoms with E-state index in [2.05, 4.69) is 6.58 Å². The van der Waals surface area contributed by atoms with Gasteiger partial charge in [-0.25, -0.2) is 0 Å². The average molecular weight is 192 g/mol. The predicted octanol–water partition coefficient (Wildman–Crippen LogP) is 2.64. The van der Waals surface area contributed by atoms with E-state index in [1.54, 1.807) is 6.08 Å². The minimum absolute atomic E-state index is 0.0929. The number of hydrogen-bond donors (Lipinski definition) is 1. The highest BCUT2D eigenvalue weighted by Gasteiger charge is 2.60. The van der Waals surface area contributed by atoms with Crippen LogP contribution in [-0.4, -0.2) is 11.1 Å². The monoisotopic (exact) mass is 192 g/mol. The molecule has 1 N–H and O–H groups in total. The van der Waals surface area contributed by atoms with Gasteiger partial charge < -0.3 is 5.11 Å². The Hall–Kier alpha value is -1.31. The minimum Gasteiger partial charge on any atom is -0.481 e. The van der Waals surface area contributed by atoms with Gasteiger partial charge in [0, 0.05) is 0 Å². The van der Waals surface area contributed by atoms with Crippen molar-refractivity contribution in [1.82, 2.24) is 0 Å². The molecule has 0 aromatic carbocycles. The van der Waals surface area contributed by atoms with Crippen LogP contribution in [0.3, 0.4) is 0 Å². The van der Waals surface area contributed by atoms with Crippen LogP contribution in [0, 0.1) is 17.3 Å². The summed E-state index contributed by atoms with van der Waals surface area (Å²) in [5.74, 6) is -0.761. The summed E-state index contributed by atoms with van der Waals surface area (Å²) in [4.78, 5) is 10.8. The van der Waals surface area contributed by atoms with Crippen LogP contribution in [0.2, 0.25) is 0 Å². The van der Waals surface area contributed by atoms with E-state index in [1.807, 2.05) is 38.2 Å². The van der Waals surface area contributed by atoms with E-state index in [9.17, 15) is 4.79 Å². The number of carbonyl (C=O) groups is 1. The molecule has 0 radical (unpaired) electrons. The van der Waals surface area contributed by atoms with Gasteiger partial charge >= 0.3 is 5.97 Å². The summed E-state index contributed by atoms with van der Waals surface area (Å²) in [7, 11) is 0. The third-order valence-electron chi connectivity index (χ3n) is 2.85. The predicted molar refractivity (Wildman–Crippen MR) is 56.9 cm³/mol. The lowest BCUT2D eigenvalue weighted by molar-refractivity contribution is -0.139. The lowest BCUT2D eigenvalue weighted by atomic mass is 10.1. The molecule has 1 aliphatic rings. The summed E-state index contributed by atoms with van der Waals surface area (Å²) in [5.41, 5.74) is -0.0929. The van der Waals surface area contributed by atoms with Crippen molar-refractivity contribution >= 4 is 5.97 Å². The van der Waals surface area contributed by atoms with Crippen molar-refractivity contribution < 1.29 is 9.90 Å². The number of carboxylic acid groups (broad SMARTS) is 1. The van der Waals surface area contributed by atoms with Crippen molar-refractivity contribution in [1.29, 1.82) is 0 Å². The van der Waals surface area contributed by atoms with Gasteiger partial charge in [0.1, 0.15) is 0 Å². The molecule has 2 unspecified atom stereocenters. The molecule has 0 saturated heterocycles. The highest BCUT2D eigenvalue weighted by Crippen LogP contribution is 2.58. The van der Waals surface area contributed by atoms with E-state index in [0.29, 0.717) is 0 Å². The molecule has 1 aliphatic carbocycles. The van der Waals surface area contributed by atoms with Crippen LogP contribution in [-0.2, 0) is 4.79 Å². The van der Waals surface area contributed by atoms with E-state index in [1.165, 1.54) is 0 Å². The largest absolute Gasteiger partial charge is 0.481 e. The lowest BCUT2D eigenvalue weighted by Gasteiger charge is -1.95. The maximum atomic E-state index is 10.8. The molecule has 2 heteroatoms. The first kappa shape index (κ1) is 10.8. The van der Waals surface area contributed by atoms with Crippen molar-refractivity contribution in [2.24, 2.45) is 17.3 Å².